The molecule has 0 amide bonds. The van der Waals surface area contributed by atoms with Gasteiger partial charge in [-0.2, -0.15) is 0 Å². The molecule has 1 aromatic heterocycles. The van der Waals surface area contributed by atoms with E-state index in [1.807, 2.05) is 6.20 Å². The first-order valence-electron chi connectivity index (χ1n) is 4.83. The largest absolute Gasteiger partial charge is 0.348 e. The van der Waals surface area contributed by atoms with Gasteiger partial charge < -0.3 is 10.3 Å². The highest BCUT2D eigenvalue weighted by atomic mass is 15.0. The fourth-order valence-corrected chi connectivity index (χ4v) is 1.04. The first-order valence-corrected chi connectivity index (χ1v) is 4.83. The SMILES string of the molecule is CCC(C)(C)CNCc1ncc[nH]1. The maximum Gasteiger partial charge on any atom is 0.120 e. The van der Waals surface area contributed by atoms with Crippen LogP contribution < -0.4 is 5.32 Å². The molecule has 0 spiro atoms. The molecule has 74 valence electrons. The quantitative estimate of drug-likeness (QED) is 0.728. The van der Waals surface area contributed by atoms with Crippen LogP contribution in [0, 0.1) is 5.41 Å². The Morgan fingerprint density at radius 1 is 1.54 bits per heavy atom. The molecule has 0 saturated heterocycles. The summed E-state index contributed by atoms with van der Waals surface area (Å²) in [5.41, 5.74) is 0.382. The summed E-state index contributed by atoms with van der Waals surface area (Å²) in [5.74, 6) is 1.01. The smallest absolute Gasteiger partial charge is 0.120 e. The highest BCUT2D eigenvalue weighted by Crippen LogP contribution is 2.17. The minimum atomic E-state index is 0.382. The van der Waals surface area contributed by atoms with Crippen LogP contribution in [0.3, 0.4) is 0 Å². The molecule has 3 nitrogen and oxygen atoms in total. The Morgan fingerprint density at radius 3 is 2.85 bits per heavy atom. The van der Waals surface area contributed by atoms with Gasteiger partial charge in [0.2, 0.25) is 0 Å². The summed E-state index contributed by atoms with van der Waals surface area (Å²) in [6.07, 6.45) is 4.82. The molecule has 0 unspecified atom stereocenters. The summed E-state index contributed by atoms with van der Waals surface area (Å²) in [6, 6.07) is 0. The van der Waals surface area contributed by atoms with Crippen LogP contribution in [0.15, 0.2) is 12.4 Å². The van der Waals surface area contributed by atoms with E-state index in [9.17, 15) is 0 Å². The van der Waals surface area contributed by atoms with Gasteiger partial charge in [0.05, 0.1) is 6.54 Å². The van der Waals surface area contributed by atoms with Crippen LogP contribution in [-0.2, 0) is 6.54 Å². The van der Waals surface area contributed by atoms with Crippen LogP contribution in [0.25, 0.3) is 0 Å². The molecule has 13 heavy (non-hydrogen) atoms. The molecule has 1 heterocycles. The van der Waals surface area contributed by atoms with Crippen molar-refractivity contribution in [1.82, 2.24) is 15.3 Å². The Hall–Kier alpha value is -0.830. The van der Waals surface area contributed by atoms with E-state index in [-0.39, 0.29) is 0 Å². The van der Waals surface area contributed by atoms with Gasteiger partial charge in [-0.15, -0.1) is 0 Å². The summed E-state index contributed by atoms with van der Waals surface area (Å²) >= 11 is 0. The lowest BCUT2D eigenvalue weighted by Crippen LogP contribution is -2.28. The Morgan fingerprint density at radius 2 is 2.31 bits per heavy atom. The van der Waals surface area contributed by atoms with Gasteiger partial charge in [-0.1, -0.05) is 20.8 Å². The number of nitrogens with one attached hydrogen (secondary N) is 2. The molecule has 2 N–H and O–H groups in total. The Bertz CT molecular complexity index is 226. The predicted molar refractivity (Wildman–Crippen MR) is 54.4 cm³/mol. The minimum absolute atomic E-state index is 0.382. The Labute approximate surface area is 80.0 Å². The topological polar surface area (TPSA) is 40.7 Å². The van der Waals surface area contributed by atoms with Crippen LogP contribution in [0.1, 0.15) is 33.0 Å². The second-order valence-electron chi connectivity index (χ2n) is 4.16. The van der Waals surface area contributed by atoms with Gasteiger partial charge >= 0.3 is 0 Å². The number of rotatable bonds is 5. The normalized spacial score (nSPS) is 11.9. The van der Waals surface area contributed by atoms with Crippen molar-refractivity contribution < 1.29 is 0 Å². The van der Waals surface area contributed by atoms with Crippen molar-refractivity contribution in [2.75, 3.05) is 6.54 Å². The van der Waals surface area contributed by atoms with E-state index in [1.165, 1.54) is 6.42 Å². The summed E-state index contributed by atoms with van der Waals surface area (Å²) < 4.78 is 0. The van der Waals surface area contributed by atoms with Gasteiger partial charge in [-0.3, -0.25) is 0 Å². The monoisotopic (exact) mass is 181 g/mol. The maximum absolute atomic E-state index is 4.14. The lowest BCUT2D eigenvalue weighted by molar-refractivity contribution is 0.326. The second-order valence-corrected chi connectivity index (χ2v) is 4.16. The zero-order chi connectivity index (χ0) is 9.73. The van der Waals surface area contributed by atoms with Crippen LogP contribution in [0.2, 0.25) is 0 Å². The van der Waals surface area contributed by atoms with Crippen LogP contribution in [-0.4, -0.2) is 16.5 Å². The summed E-state index contributed by atoms with van der Waals surface area (Å²) in [6.45, 7) is 8.61. The fraction of sp³-hybridized carbons (Fsp3) is 0.700. The molecule has 0 aliphatic carbocycles. The van der Waals surface area contributed by atoms with Crippen molar-refractivity contribution >= 4 is 0 Å². The van der Waals surface area contributed by atoms with E-state index in [4.69, 9.17) is 0 Å². The van der Waals surface area contributed by atoms with Crippen molar-refractivity contribution in [3.8, 4) is 0 Å². The number of imidazole rings is 1. The lowest BCUT2D eigenvalue weighted by atomic mass is 9.90. The number of hydrogen-bond acceptors (Lipinski definition) is 2. The van der Waals surface area contributed by atoms with Crippen molar-refractivity contribution in [2.24, 2.45) is 5.41 Å². The van der Waals surface area contributed by atoms with E-state index < -0.39 is 0 Å². The molecule has 0 aliphatic heterocycles. The van der Waals surface area contributed by atoms with E-state index in [0.717, 1.165) is 18.9 Å². The van der Waals surface area contributed by atoms with Gasteiger partial charge in [-0.05, 0) is 11.8 Å². The molecule has 0 atom stereocenters. The van der Waals surface area contributed by atoms with Gasteiger partial charge in [0.25, 0.3) is 0 Å². The van der Waals surface area contributed by atoms with E-state index in [0.29, 0.717) is 5.41 Å². The average molecular weight is 181 g/mol. The molecule has 0 bridgehead atoms. The highest BCUT2D eigenvalue weighted by Gasteiger charge is 2.13. The molecule has 1 rings (SSSR count). The van der Waals surface area contributed by atoms with Crippen LogP contribution in [0.4, 0.5) is 0 Å². The molecular formula is C10H19N3. The standard InChI is InChI=1S/C10H19N3/c1-4-10(2,3)8-11-7-9-12-5-6-13-9/h5-6,11H,4,7-8H2,1-3H3,(H,12,13). The third-order valence-electron chi connectivity index (χ3n) is 2.41. The summed E-state index contributed by atoms with van der Waals surface area (Å²) in [7, 11) is 0. The molecule has 3 heteroatoms. The van der Waals surface area contributed by atoms with Gasteiger partial charge in [0, 0.05) is 18.9 Å². The molecule has 0 saturated carbocycles. The number of H-pyrrole nitrogens is 1. The predicted octanol–water partition coefficient (Wildman–Crippen LogP) is 1.94. The summed E-state index contributed by atoms with van der Waals surface area (Å²) in [5, 5.41) is 3.39. The second kappa shape index (κ2) is 4.42. The fourth-order valence-electron chi connectivity index (χ4n) is 1.04. The number of aromatic amines is 1. The average Bonchev–Trinajstić information content (AvgIpc) is 2.57. The number of hydrogen-bond donors (Lipinski definition) is 2. The highest BCUT2D eigenvalue weighted by molar-refractivity contribution is 4.86. The van der Waals surface area contributed by atoms with Crippen molar-refractivity contribution in [3.05, 3.63) is 18.2 Å². The molecule has 0 aliphatic rings. The molecule has 0 radical (unpaired) electrons. The molecule has 0 aromatic carbocycles. The first kappa shape index (κ1) is 10.3. The van der Waals surface area contributed by atoms with Crippen molar-refractivity contribution in [2.45, 2.75) is 33.7 Å². The third kappa shape index (κ3) is 3.59. The minimum Gasteiger partial charge on any atom is -0.348 e. The third-order valence-corrected chi connectivity index (χ3v) is 2.41. The zero-order valence-corrected chi connectivity index (χ0v) is 8.72. The van der Waals surface area contributed by atoms with Crippen LogP contribution in [0.5, 0.6) is 0 Å². The van der Waals surface area contributed by atoms with Crippen molar-refractivity contribution in [1.29, 1.82) is 0 Å². The van der Waals surface area contributed by atoms with Gasteiger partial charge in [0.1, 0.15) is 5.82 Å². The van der Waals surface area contributed by atoms with Crippen molar-refractivity contribution in [3.63, 3.8) is 0 Å². The lowest BCUT2D eigenvalue weighted by Gasteiger charge is -2.22. The first-order chi connectivity index (χ1) is 6.14. The number of aromatic nitrogens is 2. The van der Waals surface area contributed by atoms with Gasteiger partial charge in [-0.25, -0.2) is 4.98 Å². The van der Waals surface area contributed by atoms with E-state index in [2.05, 4.69) is 36.1 Å². The van der Waals surface area contributed by atoms with Gasteiger partial charge in [0.15, 0.2) is 0 Å². The zero-order valence-electron chi connectivity index (χ0n) is 8.72. The van der Waals surface area contributed by atoms with Crippen LogP contribution >= 0.6 is 0 Å². The van der Waals surface area contributed by atoms with E-state index >= 15 is 0 Å². The maximum atomic E-state index is 4.14. The van der Waals surface area contributed by atoms with E-state index in [1.54, 1.807) is 6.20 Å². The molecular weight excluding hydrogens is 162 g/mol. The number of nitrogens with zero attached hydrogens (tertiary/aromatic N) is 1. The molecule has 0 fully saturated rings. The Kier molecular flexibility index (Phi) is 3.48. The summed E-state index contributed by atoms with van der Waals surface area (Å²) in [4.78, 5) is 7.21. The molecule has 1 aromatic rings. The Balaban J connectivity index is 2.21.